The van der Waals surface area contributed by atoms with Gasteiger partial charge in [0.1, 0.15) is 4.99 Å². The molecule has 2 aromatic rings. The molecule has 0 unspecified atom stereocenters. The molecule has 102 valence electrons. The third-order valence-electron chi connectivity index (χ3n) is 2.67. The number of nitrogens with one attached hydrogen (secondary N) is 1. The van der Waals surface area contributed by atoms with Crippen LogP contribution in [0.25, 0.3) is 0 Å². The topological polar surface area (TPSA) is 81.1 Å². The Hall–Kier alpha value is -1.92. The third kappa shape index (κ3) is 3.34. The van der Waals surface area contributed by atoms with Crippen molar-refractivity contribution in [3.63, 3.8) is 0 Å². The number of benzene rings is 2. The molecule has 0 aromatic heterocycles. The summed E-state index contributed by atoms with van der Waals surface area (Å²) in [5.41, 5.74) is 13.6. The summed E-state index contributed by atoms with van der Waals surface area (Å²) in [6.45, 7) is 0. The average Bonchev–Trinajstić information content (AvgIpc) is 2.38. The van der Waals surface area contributed by atoms with Gasteiger partial charge in [-0.2, -0.15) is 0 Å². The third-order valence-corrected chi connectivity index (χ3v) is 3.39. The van der Waals surface area contributed by atoms with E-state index in [1.54, 1.807) is 18.2 Å². The molecule has 2 aromatic carbocycles. The van der Waals surface area contributed by atoms with Crippen LogP contribution < -0.4 is 16.8 Å². The highest BCUT2D eigenvalue weighted by Crippen LogP contribution is 2.25. The number of rotatable bonds is 4. The highest BCUT2D eigenvalue weighted by Gasteiger charge is 2.07. The quantitative estimate of drug-likeness (QED) is 0.741. The van der Waals surface area contributed by atoms with Gasteiger partial charge in [0.25, 0.3) is 0 Å². The van der Waals surface area contributed by atoms with Crippen LogP contribution in [0, 0.1) is 0 Å². The Morgan fingerprint density at radius 1 is 1.15 bits per heavy atom. The van der Waals surface area contributed by atoms with Crippen molar-refractivity contribution in [2.24, 2.45) is 11.5 Å². The number of amides is 1. The van der Waals surface area contributed by atoms with E-state index >= 15 is 0 Å². The van der Waals surface area contributed by atoms with E-state index in [2.05, 4.69) is 21.2 Å². The second-order valence-electron chi connectivity index (χ2n) is 4.12. The summed E-state index contributed by atoms with van der Waals surface area (Å²) >= 11 is 8.42. The molecule has 0 fully saturated rings. The lowest BCUT2D eigenvalue weighted by Gasteiger charge is -2.12. The molecule has 0 spiro atoms. The smallest absolute Gasteiger partial charge is 0.248 e. The van der Waals surface area contributed by atoms with Gasteiger partial charge < -0.3 is 16.8 Å². The molecular weight excluding hydrogens is 338 g/mol. The first-order valence-electron chi connectivity index (χ1n) is 5.73. The molecule has 0 heterocycles. The Morgan fingerprint density at radius 2 is 1.90 bits per heavy atom. The number of primary amides is 1. The molecule has 0 saturated carbocycles. The minimum absolute atomic E-state index is 0.297. The van der Waals surface area contributed by atoms with Crippen molar-refractivity contribution in [2.75, 3.05) is 5.32 Å². The van der Waals surface area contributed by atoms with E-state index in [1.807, 2.05) is 24.3 Å². The number of hydrogen-bond donors (Lipinski definition) is 3. The number of carbonyl (C=O) groups excluding carboxylic acids is 1. The summed E-state index contributed by atoms with van der Waals surface area (Å²) in [6.07, 6.45) is 0. The minimum Gasteiger partial charge on any atom is -0.389 e. The molecule has 0 aliphatic heterocycles. The maximum atomic E-state index is 11.2. The van der Waals surface area contributed by atoms with Crippen LogP contribution in [0.1, 0.15) is 15.9 Å². The van der Waals surface area contributed by atoms with Gasteiger partial charge in [0.2, 0.25) is 5.91 Å². The van der Waals surface area contributed by atoms with Crippen molar-refractivity contribution in [2.45, 2.75) is 0 Å². The SMILES string of the molecule is NC(=O)c1cccc(Nc2cc(Br)ccc2C(N)=S)c1. The predicted octanol–water partition coefficient (Wildman–Crippen LogP) is 2.93. The number of halogens is 1. The number of carbonyl (C=O) groups is 1. The van der Waals surface area contributed by atoms with Gasteiger partial charge in [-0.15, -0.1) is 0 Å². The van der Waals surface area contributed by atoms with Crippen molar-refractivity contribution < 1.29 is 4.79 Å². The first kappa shape index (κ1) is 14.5. The number of nitrogens with two attached hydrogens (primary N) is 2. The second kappa shape index (κ2) is 6.02. The lowest BCUT2D eigenvalue weighted by molar-refractivity contribution is 0.100. The number of thiocarbonyl (C=S) groups is 1. The lowest BCUT2D eigenvalue weighted by Crippen LogP contribution is -2.13. The number of hydrogen-bond acceptors (Lipinski definition) is 3. The zero-order valence-corrected chi connectivity index (χ0v) is 12.8. The van der Waals surface area contributed by atoms with Crippen molar-refractivity contribution in [3.8, 4) is 0 Å². The van der Waals surface area contributed by atoms with E-state index in [0.717, 1.165) is 21.4 Å². The summed E-state index contributed by atoms with van der Waals surface area (Å²) in [4.78, 5) is 11.5. The largest absolute Gasteiger partial charge is 0.389 e. The molecule has 0 bridgehead atoms. The molecule has 20 heavy (non-hydrogen) atoms. The van der Waals surface area contributed by atoms with Crippen molar-refractivity contribution in [3.05, 3.63) is 58.1 Å². The van der Waals surface area contributed by atoms with Crippen LogP contribution in [0.5, 0.6) is 0 Å². The van der Waals surface area contributed by atoms with E-state index in [1.165, 1.54) is 0 Å². The van der Waals surface area contributed by atoms with Gasteiger partial charge in [0.05, 0.1) is 0 Å². The highest BCUT2D eigenvalue weighted by molar-refractivity contribution is 9.10. The fourth-order valence-electron chi connectivity index (χ4n) is 1.74. The summed E-state index contributed by atoms with van der Waals surface area (Å²) in [6, 6.07) is 12.5. The van der Waals surface area contributed by atoms with Crippen LogP contribution in [0.2, 0.25) is 0 Å². The van der Waals surface area contributed by atoms with Crippen LogP contribution in [0.4, 0.5) is 11.4 Å². The fourth-order valence-corrected chi connectivity index (χ4v) is 2.28. The molecule has 2 rings (SSSR count). The van der Waals surface area contributed by atoms with Crippen molar-refractivity contribution in [1.29, 1.82) is 0 Å². The lowest BCUT2D eigenvalue weighted by atomic mass is 10.1. The van der Waals surface area contributed by atoms with E-state index < -0.39 is 5.91 Å². The normalized spacial score (nSPS) is 10.1. The summed E-state index contributed by atoms with van der Waals surface area (Å²) in [7, 11) is 0. The first-order chi connectivity index (χ1) is 9.47. The van der Waals surface area contributed by atoms with E-state index in [4.69, 9.17) is 23.7 Å². The molecule has 4 nitrogen and oxygen atoms in total. The van der Waals surface area contributed by atoms with Gasteiger partial charge in [-0.05, 0) is 36.4 Å². The fraction of sp³-hybridized carbons (Fsp3) is 0. The maximum absolute atomic E-state index is 11.2. The molecule has 6 heteroatoms. The Labute approximate surface area is 130 Å². The molecule has 0 saturated heterocycles. The molecule has 0 aliphatic rings. The molecule has 0 aliphatic carbocycles. The van der Waals surface area contributed by atoms with Crippen LogP contribution >= 0.6 is 28.1 Å². The molecular formula is C14H12BrN3OS. The van der Waals surface area contributed by atoms with E-state index in [-0.39, 0.29) is 0 Å². The van der Waals surface area contributed by atoms with Gasteiger partial charge in [-0.1, -0.05) is 34.2 Å². The van der Waals surface area contributed by atoms with Crippen molar-refractivity contribution >= 4 is 50.4 Å². The zero-order valence-electron chi connectivity index (χ0n) is 10.4. The Bertz CT molecular complexity index is 688. The van der Waals surface area contributed by atoms with Crippen LogP contribution in [-0.2, 0) is 0 Å². The summed E-state index contributed by atoms with van der Waals surface area (Å²) in [5, 5.41) is 3.18. The zero-order chi connectivity index (χ0) is 14.7. The Morgan fingerprint density at radius 3 is 2.55 bits per heavy atom. The monoisotopic (exact) mass is 349 g/mol. The number of anilines is 2. The Balaban J connectivity index is 2.39. The molecule has 5 N–H and O–H groups in total. The van der Waals surface area contributed by atoms with Crippen LogP contribution in [0.15, 0.2) is 46.9 Å². The molecule has 0 atom stereocenters. The van der Waals surface area contributed by atoms with Crippen LogP contribution in [0.3, 0.4) is 0 Å². The van der Waals surface area contributed by atoms with Gasteiger partial charge in [-0.3, -0.25) is 4.79 Å². The summed E-state index contributed by atoms with van der Waals surface area (Å²) < 4.78 is 0.894. The first-order valence-corrected chi connectivity index (χ1v) is 6.94. The average molecular weight is 350 g/mol. The molecule has 0 radical (unpaired) electrons. The van der Waals surface area contributed by atoms with E-state index in [9.17, 15) is 4.79 Å². The van der Waals surface area contributed by atoms with Gasteiger partial charge in [0.15, 0.2) is 0 Å². The predicted molar refractivity (Wildman–Crippen MR) is 88.3 cm³/mol. The van der Waals surface area contributed by atoms with Crippen LogP contribution in [-0.4, -0.2) is 10.9 Å². The van der Waals surface area contributed by atoms with Gasteiger partial charge in [-0.25, -0.2) is 0 Å². The standard InChI is InChI=1S/C14H12BrN3OS/c15-9-4-5-11(14(17)20)12(7-9)18-10-3-1-2-8(6-10)13(16)19/h1-7,18H,(H2,16,19)(H2,17,20). The Kier molecular flexibility index (Phi) is 4.36. The summed E-state index contributed by atoms with van der Waals surface area (Å²) in [5.74, 6) is -0.475. The van der Waals surface area contributed by atoms with E-state index in [0.29, 0.717) is 10.6 Å². The van der Waals surface area contributed by atoms with Gasteiger partial charge >= 0.3 is 0 Å². The highest BCUT2D eigenvalue weighted by atomic mass is 79.9. The van der Waals surface area contributed by atoms with Crippen molar-refractivity contribution in [1.82, 2.24) is 0 Å². The second-order valence-corrected chi connectivity index (χ2v) is 5.48. The van der Waals surface area contributed by atoms with Gasteiger partial charge in [0, 0.05) is 27.0 Å². The minimum atomic E-state index is -0.475. The molecule has 1 amide bonds. The maximum Gasteiger partial charge on any atom is 0.248 e.